The van der Waals surface area contributed by atoms with Crippen molar-refractivity contribution in [3.63, 3.8) is 0 Å². The Hall–Kier alpha value is -2.91. The highest BCUT2D eigenvalue weighted by Crippen LogP contribution is 2.24. The topological polar surface area (TPSA) is 89.0 Å². The molecule has 1 aromatic heterocycles. The number of benzene rings is 2. The van der Waals surface area contributed by atoms with Crippen molar-refractivity contribution in [2.75, 3.05) is 4.72 Å². The Labute approximate surface area is 164 Å². The number of Topliss-reactive ketones (excluding diaryl/α,β-unsaturated/α-hetero) is 1. The average Bonchev–Trinajstić information content (AvgIpc) is 2.63. The Bertz CT molecular complexity index is 1160. The fourth-order valence-electron chi connectivity index (χ4n) is 2.42. The standard InChI is InChI=1S/C18H12ClF2N3O3S/c19-18-22-9-8-11(23-18)10-15(25)12-4-3-6-14(17(12)21)24-28(26,27)16-7-2-1-5-13(16)20/h1-9,24H,10H2. The predicted molar refractivity (Wildman–Crippen MR) is 98.7 cm³/mol. The van der Waals surface area contributed by atoms with Gasteiger partial charge in [0, 0.05) is 6.20 Å². The molecule has 2 aromatic carbocycles. The van der Waals surface area contributed by atoms with Gasteiger partial charge in [-0.15, -0.1) is 0 Å². The van der Waals surface area contributed by atoms with Crippen LogP contribution in [-0.4, -0.2) is 24.2 Å². The number of rotatable bonds is 6. The number of carbonyl (C=O) groups is 1. The minimum absolute atomic E-state index is 0.0582. The lowest BCUT2D eigenvalue weighted by molar-refractivity contribution is 0.0988. The molecule has 0 aliphatic carbocycles. The SMILES string of the molecule is O=C(Cc1ccnc(Cl)n1)c1cccc(NS(=O)(=O)c2ccccc2F)c1F. The molecule has 0 fully saturated rings. The first-order valence-corrected chi connectivity index (χ1v) is 9.70. The molecule has 0 aliphatic heterocycles. The quantitative estimate of drug-likeness (QED) is 0.483. The van der Waals surface area contributed by atoms with Crippen molar-refractivity contribution in [3.05, 3.63) is 82.9 Å². The van der Waals surface area contributed by atoms with E-state index in [4.69, 9.17) is 11.6 Å². The van der Waals surface area contributed by atoms with E-state index in [9.17, 15) is 22.0 Å². The van der Waals surface area contributed by atoms with E-state index < -0.39 is 38.0 Å². The first kappa shape index (κ1) is 19.8. The average molecular weight is 424 g/mol. The zero-order valence-corrected chi connectivity index (χ0v) is 15.6. The van der Waals surface area contributed by atoms with Crippen LogP contribution in [-0.2, 0) is 16.4 Å². The van der Waals surface area contributed by atoms with Gasteiger partial charge in [0.15, 0.2) is 11.6 Å². The summed E-state index contributed by atoms with van der Waals surface area (Å²) in [5.41, 5.74) is -0.542. The molecule has 6 nitrogen and oxygen atoms in total. The molecule has 0 unspecified atom stereocenters. The van der Waals surface area contributed by atoms with Gasteiger partial charge in [0.1, 0.15) is 10.7 Å². The van der Waals surface area contributed by atoms with E-state index in [1.807, 2.05) is 4.72 Å². The van der Waals surface area contributed by atoms with E-state index in [0.29, 0.717) is 0 Å². The molecule has 28 heavy (non-hydrogen) atoms. The molecule has 3 aromatic rings. The molecule has 3 rings (SSSR count). The molecule has 0 saturated heterocycles. The number of hydrogen-bond acceptors (Lipinski definition) is 5. The molecule has 0 bridgehead atoms. The highest BCUT2D eigenvalue weighted by molar-refractivity contribution is 7.92. The smallest absolute Gasteiger partial charge is 0.264 e. The van der Waals surface area contributed by atoms with Gasteiger partial charge in [-0.1, -0.05) is 18.2 Å². The number of nitrogens with zero attached hydrogens (tertiary/aromatic N) is 2. The number of carbonyl (C=O) groups excluding carboxylic acids is 1. The highest BCUT2D eigenvalue weighted by Gasteiger charge is 2.22. The Kier molecular flexibility index (Phi) is 5.66. The van der Waals surface area contributed by atoms with Crippen LogP contribution in [0.25, 0.3) is 0 Å². The molecule has 10 heteroatoms. The van der Waals surface area contributed by atoms with Crippen molar-refractivity contribution < 1.29 is 22.0 Å². The van der Waals surface area contributed by atoms with Gasteiger partial charge in [-0.3, -0.25) is 9.52 Å². The normalized spacial score (nSPS) is 11.2. The van der Waals surface area contributed by atoms with Gasteiger partial charge in [-0.25, -0.2) is 27.2 Å². The number of halogens is 3. The Morgan fingerprint density at radius 1 is 1.07 bits per heavy atom. The summed E-state index contributed by atoms with van der Waals surface area (Å²) in [6.07, 6.45) is 1.09. The van der Waals surface area contributed by atoms with Crippen molar-refractivity contribution in [2.45, 2.75) is 11.3 Å². The summed E-state index contributed by atoms with van der Waals surface area (Å²) >= 11 is 5.66. The number of hydrogen-bond donors (Lipinski definition) is 1. The van der Waals surface area contributed by atoms with Crippen molar-refractivity contribution in [3.8, 4) is 0 Å². The van der Waals surface area contributed by atoms with Crippen molar-refractivity contribution in [1.82, 2.24) is 9.97 Å². The van der Waals surface area contributed by atoms with Crippen molar-refractivity contribution >= 4 is 33.1 Å². The molecule has 0 aliphatic rings. The molecule has 1 N–H and O–H groups in total. The van der Waals surface area contributed by atoms with Gasteiger partial charge >= 0.3 is 0 Å². The summed E-state index contributed by atoms with van der Waals surface area (Å²) in [6, 6.07) is 9.78. The maximum atomic E-state index is 14.8. The summed E-state index contributed by atoms with van der Waals surface area (Å²) in [6.45, 7) is 0. The van der Waals surface area contributed by atoms with Gasteiger partial charge in [0.05, 0.1) is 23.4 Å². The minimum Gasteiger partial charge on any atom is -0.294 e. The highest BCUT2D eigenvalue weighted by atomic mass is 35.5. The van der Waals surface area contributed by atoms with E-state index in [1.165, 1.54) is 36.5 Å². The number of anilines is 1. The molecular formula is C18H12ClF2N3O3S. The second-order valence-electron chi connectivity index (χ2n) is 5.62. The number of ketones is 1. The lowest BCUT2D eigenvalue weighted by Crippen LogP contribution is -2.17. The maximum Gasteiger partial charge on any atom is 0.264 e. The second-order valence-corrected chi connectivity index (χ2v) is 7.61. The van der Waals surface area contributed by atoms with Gasteiger partial charge in [-0.2, -0.15) is 0 Å². The van der Waals surface area contributed by atoms with E-state index in [-0.39, 0.29) is 23.0 Å². The number of sulfonamides is 1. The molecule has 0 spiro atoms. The van der Waals surface area contributed by atoms with Crippen LogP contribution in [0.3, 0.4) is 0 Å². The van der Waals surface area contributed by atoms with Gasteiger partial charge in [0.25, 0.3) is 10.0 Å². The van der Waals surface area contributed by atoms with Crippen LogP contribution in [0.1, 0.15) is 16.1 Å². The molecule has 0 radical (unpaired) electrons. The Morgan fingerprint density at radius 3 is 2.54 bits per heavy atom. The molecule has 0 saturated carbocycles. The Balaban J connectivity index is 1.89. The van der Waals surface area contributed by atoms with Crippen LogP contribution in [0, 0.1) is 11.6 Å². The third-order valence-electron chi connectivity index (χ3n) is 3.70. The fourth-order valence-corrected chi connectivity index (χ4v) is 3.72. The van der Waals surface area contributed by atoms with E-state index in [2.05, 4.69) is 9.97 Å². The van der Waals surface area contributed by atoms with Gasteiger partial charge < -0.3 is 0 Å². The predicted octanol–water partition coefficient (Wildman–Crippen LogP) is 3.63. The largest absolute Gasteiger partial charge is 0.294 e. The zero-order valence-electron chi connectivity index (χ0n) is 14.1. The van der Waals surface area contributed by atoms with Crippen LogP contribution in [0.4, 0.5) is 14.5 Å². The number of aromatic nitrogens is 2. The summed E-state index contributed by atoms with van der Waals surface area (Å²) in [5, 5.41) is -0.0582. The van der Waals surface area contributed by atoms with E-state index in [0.717, 1.165) is 18.2 Å². The minimum atomic E-state index is -4.39. The second kappa shape index (κ2) is 7.99. The fraction of sp³-hybridized carbons (Fsp3) is 0.0556. The van der Waals surface area contributed by atoms with Crippen molar-refractivity contribution in [1.29, 1.82) is 0 Å². The zero-order chi connectivity index (χ0) is 20.3. The lowest BCUT2D eigenvalue weighted by Gasteiger charge is -2.11. The third kappa shape index (κ3) is 4.32. The molecular weight excluding hydrogens is 412 g/mol. The lowest BCUT2D eigenvalue weighted by atomic mass is 10.1. The molecule has 1 heterocycles. The van der Waals surface area contributed by atoms with Crippen LogP contribution < -0.4 is 4.72 Å². The van der Waals surface area contributed by atoms with E-state index in [1.54, 1.807) is 0 Å². The molecule has 144 valence electrons. The maximum absolute atomic E-state index is 14.8. The first-order chi connectivity index (χ1) is 13.3. The summed E-state index contributed by atoms with van der Waals surface area (Å²) in [7, 11) is -4.39. The Morgan fingerprint density at radius 2 is 1.82 bits per heavy atom. The number of nitrogens with one attached hydrogen (secondary N) is 1. The van der Waals surface area contributed by atoms with Crippen LogP contribution in [0.15, 0.2) is 59.6 Å². The summed E-state index contributed by atoms with van der Waals surface area (Å²) < 4.78 is 55.2. The van der Waals surface area contributed by atoms with Gasteiger partial charge in [-0.05, 0) is 41.9 Å². The van der Waals surface area contributed by atoms with E-state index >= 15 is 0 Å². The monoisotopic (exact) mass is 423 g/mol. The third-order valence-corrected chi connectivity index (χ3v) is 5.28. The van der Waals surface area contributed by atoms with Crippen molar-refractivity contribution in [2.24, 2.45) is 0 Å². The molecule has 0 atom stereocenters. The summed E-state index contributed by atoms with van der Waals surface area (Å²) in [4.78, 5) is 19.3. The van der Waals surface area contributed by atoms with Crippen LogP contribution in [0.5, 0.6) is 0 Å². The molecule has 0 amide bonds. The van der Waals surface area contributed by atoms with Gasteiger partial charge in [0.2, 0.25) is 5.28 Å². The summed E-state index contributed by atoms with van der Waals surface area (Å²) in [5.74, 6) is -2.70. The first-order valence-electron chi connectivity index (χ1n) is 7.84. The van der Waals surface area contributed by atoms with Crippen LogP contribution >= 0.6 is 11.6 Å². The van der Waals surface area contributed by atoms with Crippen LogP contribution in [0.2, 0.25) is 5.28 Å².